The van der Waals surface area contributed by atoms with Gasteiger partial charge in [0.2, 0.25) is 5.91 Å². The summed E-state index contributed by atoms with van der Waals surface area (Å²) in [6, 6.07) is 13.9. The number of thiophene rings is 1. The van der Waals surface area contributed by atoms with E-state index in [0.29, 0.717) is 18.5 Å². The molecule has 1 aromatic carbocycles. The lowest BCUT2D eigenvalue weighted by atomic mass is 10.0. The van der Waals surface area contributed by atoms with Crippen molar-refractivity contribution in [3.63, 3.8) is 0 Å². The van der Waals surface area contributed by atoms with Crippen molar-refractivity contribution in [1.29, 1.82) is 0 Å². The number of nitrogens with one attached hydrogen (secondary N) is 1. The second-order valence-electron chi connectivity index (χ2n) is 7.31. The van der Waals surface area contributed by atoms with Crippen molar-refractivity contribution in [3.8, 4) is 0 Å². The molecule has 1 aromatic heterocycles. The van der Waals surface area contributed by atoms with Crippen LogP contribution in [-0.2, 0) is 24.1 Å². The van der Waals surface area contributed by atoms with E-state index in [2.05, 4.69) is 52.0 Å². The van der Waals surface area contributed by atoms with Crippen molar-refractivity contribution >= 4 is 17.2 Å². The molecule has 132 valence electrons. The fraction of sp³-hybridized carbons (Fsp3) is 0.476. The van der Waals surface area contributed by atoms with Crippen LogP contribution in [0.15, 0.2) is 41.8 Å². The number of rotatable bonds is 5. The molecule has 1 amide bonds. The zero-order valence-corrected chi connectivity index (χ0v) is 15.4. The van der Waals surface area contributed by atoms with Gasteiger partial charge in [-0.25, -0.2) is 0 Å². The molecule has 0 saturated carbocycles. The van der Waals surface area contributed by atoms with Crippen molar-refractivity contribution in [1.82, 2.24) is 10.2 Å². The molecular formula is C21H26N2OS. The highest BCUT2D eigenvalue weighted by atomic mass is 32.1. The van der Waals surface area contributed by atoms with Crippen LogP contribution in [0.1, 0.15) is 35.3 Å². The Hall–Kier alpha value is -1.65. The summed E-state index contributed by atoms with van der Waals surface area (Å²) < 4.78 is 0. The van der Waals surface area contributed by atoms with Gasteiger partial charge in [0.15, 0.2) is 0 Å². The molecule has 4 rings (SSSR count). The van der Waals surface area contributed by atoms with Gasteiger partial charge in [-0.2, -0.15) is 0 Å². The van der Waals surface area contributed by atoms with Crippen molar-refractivity contribution in [2.45, 2.75) is 50.6 Å². The van der Waals surface area contributed by atoms with Crippen LogP contribution >= 0.6 is 11.3 Å². The van der Waals surface area contributed by atoms with E-state index in [0.717, 1.165) is 32.2 Å². The summed E-state index contributed by atoms with van der Waals surface area (Å²) in [5, 5.41) is 5.36. The summed E-state index contributed by atoms with van der Waals surface area (Å²) in [4.78, 5) is 16.2. The minimum Gasteiger partial charge on any atom is -0.352 e. The fourth-order valence-corrected chi connectivity index (χ4v) is 4.95. The number of hydrogen-bond acceptors (Lipinski definition) is 3. The second-order valence-corrected chi connectivity index (χ2v) is 8.34. The molecule has 1 N–H and O–H groups in total. The first-order chi connectivity index (χ1) is 12.3. The van der Waals surface area contributed by atoms with Gasteiger partial charge in [0.1, 0.15) is 0 Å². The van der Waals surface area contributed by atoms with Gasteiger partial charge in [0.25, 0.3) is 0 Å². The number of carbonyl (C=O) groups excluding carboxylic acids is 1. The Morgan fingerprint density at radius 2 is 1.96 bits per heavy atom. The number of carbonyl (C=O) groups is 1. The van der Waals surface area contributed by atoms with E-state index >= 15 is 0 Å². The first-order valence-corrected chi connectivity index (χ1v) is 10.3. The predicted octanol–water partition coefficient (Wildman–Crippen LogP) is 3.43. The molecule has 0 bridgehead atoms. The Morgan fingerprint density at radius 1 is 1.16 bits per heavy atom. The maximum atomic E-state index is 12.3. The lowest BCUT2D eigenvalue weighted by Gasteiger charge is -2.37. The van der Waals surface area contributed by atoms with Crippen LogP contribution in [0.4, 0.5) is 0 Å². The van der Waals surface area contributed by atoms with Gasteiger partial charge >= 0.3 is 0 Å². The van der Waals surface area contributed by atoms with Crippen LogP contribution < -0.4 is 5.32 Å². The normalized spacial score (nSPS) is 21.2. The number of likely N-dealkylation sites (tertiary alicyclic amines) is 1. The van der Waals surface area contributed by atoms with Crippen LogP contribution in [0.3, 0.4) is 0 Å². The Bertz CT molecular complexity index is 687. The summed E-state index contributed by atoms with van der Waals surface area (Å²) in [6.45, 7) is 2.17. The van der Waals surface area contributed by atoms with Crippen molar-refractivity contribution in [2.24, 2.45) is 0 Å². The topological polar surface area (TPSA) is 32.3 Å². The largest absolute Gasteiger partial charge is 0.352 e. The summed E-state index contributed by atoms with van der Waals surface area (Å²) in [5.41, 5.74) is 3.02. The first-order valence-electron chi connectivity index (χ1n) is 9.40. The van der Waals surface area contributed by atoms with Crippen molar-refractivity contribution < 1.29 is 4.79 Å². The van der Waals surface area contributed by atoms with Crippen LogP contribution in [0.25, 0.3) is 0 Å². The van der Waals surface area contributed by atoms with Gasteiger partial charge in [-0.05, 0) is 61.2 Å². The standard InChI is InChI=1S/C21H26N2OS/c24-21(10-9-20-8-4-12-25-20)22-18-7-3-11-23(15-18)19-13-16-5-1-2-6-17(16)14-19/h1-2,4-6,8,12,18-19H,3,7,9-11,13-15H2,(H,22,24)/t18-/m1/s1. The highest BCUT2D eigenvalue weighted by molar-refractivity contribution is 7.09. The molecule has 0 unspecified atom stereocenters. The summed E-state index contributed by atoms with van der Waals surface area (Å²) in [6.07, 6.45) is 6.08. The molecule has 2 aliphatic rings. The van der Waals surface area contributed by atoms with Gasteiger partial charge in [-0.3, -0.25) is 9.69 Å². The molecule has 25 heavy (non-hydrogen) atoms. The number of amides is 1. The van der Waals surface area contributed by atoms with Crippen molar-refractivity contribution in [3.05, 3.63) is 57.8 Å². The number of piperidine rings is 1. The fourth-order valence-electron chi connectivity index (χ4n) is 4.24. The Morgan fingerprint density at radius 3 is 2.68 bits per heavy atom. The maximum Gasteiger partial charge on any atom is 0.220 e. The zero-order valence-electron chi connectivity index (χ0n) is 14.6. The minimum atomic E-state index is 0.204. The lowest BCUT2D eigenvalue weighted by Crippen LogP contribution is -2.51. The zero-order chi connectivity index (χ0) is 17.1. The smallest absolute Gasteiger partial charge is 0.220 e. The monoisotopic (exact) mass is 354 g/mol. The van der Waals surface area contributed by atoms with Crippen molar-refractivity contribution in [2.75, 3.05) is 13.1 Å². The minimum absolute atomic E-state index is 0.204. The van der Waals surface area contributed by atoms with Crippen LogP contribution in [0.5, 0.6) is 0 Å². The van der Waals surface area contributed by atoms with Crippen LogP contribution in [-0.4, -0.2) is 36.0 Å². The quantitative estimate of drug-likeness (QED) is 0.892. The Kier molecular flexibility index (Phi) is 5.18. The summed E-state index contributed by atoms with van der Waals surface area (Å²) in [7, 11) is 0. The third kappa shape index (κ3) is 4.13. The third-order valence-corrected chi connectivity index (χ3v) is 6.48. The molecular weight excluding hydrogens is 328 g/mol. The average molecular weight is 355 g/mol. The SMILES string of the molecule is O=C(CCc1cccs1)N[C@@H]1CCCN(C2Cc3ccccc3C2)C1. The van der Waals surface area contributed by atoms with E-state index in [1.54, 1.807) is 11.3 Å². The summed E-state index contributed by atoms with van der Waals surface area (Å²) in [5.74, 6) is 0.204. The predicted molar refractivity (Wildman–Crippen MR) is 103 cm³/mol. The van der Waals surface area contributed by atoms with Gasteiger partial charge in [0, 0.05) is 29.9 Å². The highest BCUT2D eigenvalue weighted by Gasteiger charge is 2.30. The maximum absolute atomic E-state index is 12.3. The highest BCUT2D eigenvalue weighted by Crippen LogP contribution is 2.27. The Balaban J connectivity index is 1.27. The number of benzene rings is 1. The van der Waals surface area contributed by atoms with E-state index < -0.39 is 0 Å². The Labute approximate surface area is 154 Å². The van der Waals surface area contributed by atoms with Crippen LogP contribution in [0.2, 0.25) is 0 Å². The second kappa shape index (κ2) is 7.71. The van der Waals surface area contributed by atoms with E-state index in [9.17, 15) is 4.79 Å². The molecule has 0 spiro atoms. The number of fused-ring (bicyclic) bond motifs is 1. The molecule has 0 radical (unpaired) electrons. The van der Waals surface area contributed by atoms with E-state index in [1.807, 2.05) is 0 Å². The lowest BCUT2D eigenvalue weighted by molar-refractivity contribution is -0.122. The number of hydrogen-bond donors (Lipinski definition) is 1. The molecule has 1 fully saturated rings. The molecule has 1 aliphatic heterocycles. The molecule has 2 aromatic rings. The van der Waals surface area contributed by atoms with Gasteiger partial charge in [0.05, 0.1) is 0 Å². The van der Waals surface area contributed by atoms with E-state index in [-0.39, 0.29) is 5.91 Å². The van der Waals surface area contributed by atoms with Gasteiger partial charge < -0.3 is 5.32 Å². The molecule has 1 saturated heterocycles. The van der Waals surface area contributed by atoms with Crippen LogP contribution in [0, 0.1) is 0 Å². The molecule has 1 aliphatic carbocycles. The summed E-state index contributed by atoms with van der Waals surface area (Å²) >= 11 is 1.73. The molecule has 4 heteroatoms. The third-order valence-electron chi connectivity index (χ3n) is 5.54. The number of aryl methyl sites for hydroxylation is 1. The molecule has 1 atom stereocenters. The molecule has 3 nitrogen and oxygen atoms in total. The van der Waals surface area contributed by atoms with E-state index in [4.69, 9.17) is 0 Å². The van der Waals surface area contributed by atoms with Gasteiger partial charge in [-0.1, -0.05) is 30.3 Å². The van der Waals surface area contributed by atoms with E-state index in [1.165, 1.54) is 29.0 Å². The first kappa shape index (κ1) is 16.8. The molecule has 2 heterocycles. The number of nitrogens with zero attached hydrogens (tertiary/aromatic N) is 1. The van der Waals surface area contributed by atoms with Gasteiger partial charge in [-0.15, -0.1) is 11.3 Å². The average Bonchev–Trinajstić information content (AvgIpc) is 3.29.